The Hall–Kier alpha value is -4.46. The van der Waals surface area contributed by atoms with Crippen molar-refractivity contribution < 1.29 is 19.4 Å². The zero-order valence-electron chi connectivity index (χ0n) is 19.3. The molecule has 2 N–H and O–H groups in total. The second kappa shape index (κ2) is 11.1. The number of nitrogens with zero attached hydrogens (tertiary/aromatic N) is 3. The Balaban J connectivity index is 1.39. The number of pyridine rings is 2. The number of carbonyl (C=O) groups excluding carboxylic acids is 1. The summed E-state index contributed by atoms with van der Waals surface area (Å²) in [6.45, 7) is 2.38. The van der Waals surface area contributed by atoms with Crippen LogP contribution in [0.3, 0.4) is 0 Å². The number of amides is 2. The number of rotatable bonds is 9. The van der Waals surface area contributed by atoms with Gasteiger partial charge in [0.25, 0.3) is 0 Å². The third-order valence-electron chi connectivity index (χ3n) is 5.37. The lowest BCUT2D eigenvalue weighted by atomic mass is 10.1. The molecule has 0 aliphatic carbocycles. The first kappa shape index (κ1) is 23.7. The molecule has 0 aliphatic rings. The van der Waals surface area contributed by atoms with E-state index in [1.807, 2.05) is 66.7 Å². The minimum absolute atomic E-state index is 0.172. The van der Waals surface area contributed by atoms with Gasteiger partial charge in [-0.15, -0.1) is 0 Å². The fourth-order valence-corrected chi connectivity index (χ4v) is 3.66. The lowest BCUT2D eigenvalue weighted by Gasteiger charge is -2.19. The van der Waals surface area contributed by atoms with E-state index in [0.717, 1.165) is 27.7 Å². The molecule has 0 fully saturated rings. The molecule has 0 radical (unpaired) electrons. The van der Waals surface area contributed by atoms with E-state index in [1.54, 1.807) is 12.3 Å². The minimum atomic E-state index is -0.977. The van der Waals surface area contributed by atoms with Crippen LogP contribution < -0.4 is 10.1 Å². The fraction of sp³-hybridized carbons (Fsp3) is 0.185. The largest absolute Gasteiger partial charge is 0.489 e. The zero-order valence-corrected chi connectivity index (χ0v) is 19.3. The van der Waals surface area contributed by atoms with Crippen LogP contribution in [-0.4, -0.2) is 38.5 Å². The quantitative estimate of drug-likeness (QED) is 0.361. The maximum Gasteiger partial charge on any atom is 0.407 e. The Kier molecular flexibility index (Phi) is 7.52. The number of anilines is 1. The van der Waals surface area contributed by atoms with Gasteiger partial charge in [0.15, 0.2) is 0 Å². The number of fused-ring (bicyclic) bond motifs is 1. The molecule has 0 aliphatic heterocycles. The second-order valence-corrected chi connectivity index (χ2v) is 8.12. The lowest BCUT2D eigenvalue weighted by Crippen LogP contribution is -2.31. The van der Waals surface area contributed by atoms with Gasteiger partial charge < -0.3 is 20.1 Å². The molecule has 0 saturated heterocycles. The van der Waals surface area contributed by atoms with Crippen molar-refractivity contribution in [3.8, 4) is 5.75 Å². The van der Waals surface area contributed by atoms with Crippen molar-refractivity contribution in [2.45, 2.75) is 26.5 Å². The van der Waals surface area contributed by atoms with E-state index < -0.39 is 6.09 Å². The third-order valence-corrected chi connectivity index (χ3v) is 5.37. The van der Waals surface area contributed by atoms with Gasteiger partial charge in [-0.2, -0.15) is 0 Å². The van der Waals surface area contributed by atoms with Crippen LogP contribution in [0, 0.1) is 0 Å². The normalized spacial score (nSPS) is 10.7. The summed E-state index contributed by atoms with van der Waals surface area (Å²) in [5.74, 6) is 0.980. The van der Waals surface area contributed by atoms with Crippen LogP contribution in [0.4, 0.5) is 10.6 Å². The van der Waals surface area contributed by atoms with Gasteiger partial charge in [-0.25, -0.2) is 9.78 Å². The monoisotopic (exact) mass is 470 g/mol. The number of hydrogen-bond donors (Lipinski definition) is 2. The first-order chi connectivity index (χ1) is 17.0. The standard InChI is InChI=1S/C27H26N4O4/c1-19(32)29-26-11-10-22-9-8-21(16-25(22)30-26)18-35-24-7-4-5-20(15-24)17-31(27(33)34)14-12-23-6-2-3-13-28-23/h2-11,13,15-16H,12,14,17-18H2,1H3,(H,33,34)(H,29,30,32). The van der Waals surface area contributed by atoms with Gasteiger partial charge in [0.05, 0.1) is 5.52 Å². The van der Waals surface area contributed by atoms with Crippen molar-refractivity contribution in [3.63, 3.8) is 0 Å². The molecule has 0 atom stereocenters. The highest BCUT2D eigenvalue weighted by atomic mass is 16.5. The van der Waals surface area contributed by atoms with E-state index >= 15 is 0 Å². The molecule has 8 heteroatoms. The summed E-state index contributed by atoms with van der Waals surface area (Å²) in [5.41, 5.74) is 3.38. The Bertz CT molecular complexity index is 1330. The summed E-state index contributed by atoms with van der Waals surface area (Å²) in [5, 5.41) is 13.3. The van der Waals surface area contributed by atoms with Gasteiger partial charge in [0.2, 0.25) is 5.91 Å². The molecule has 0 spiro atoms. The van der Waals surface area contributed by atoms with Crippen LogP contribution in [0.15, 0.2) is 79.0 Å². The van der Waals surface area contributed by atoms with Crippen LogP contribution in [-0.2, 0) is 24.4 Å². The zero-order chi connectivity index (χ0) is 24.6. The lowest BCUT2D eigenvalue weighted by molar-refractivity contribution is -0.114. The Morgan fingerprint density at radius 2 is 1.86 bits per heavy atom. The van der Waals surface area contributed by atoms with Crippen molar-refractivity contribution >= 4 is 28.7 Å². The van der Waals surface area contributed by atoms with Crippen molar-refractivity contribution in [1.82, 2.24) is 14.9 Å². The van der Waals surface area contributed by atoms with Crippen LogP contribution in [0.2, 0.25) is 0 Å². The summed E-state index contributed by atoms with van der Waals surface area (Å²) in [7, 11) is 0. The molecule has 0 unspecified atom stereocenters. The van der Waals surface area contributed by atoms with E-state index in [4.69, 9.17) is 4.74 Å². The molecular formula is C27H26N4O4. The maximum atomic E-state index is 11.8. The predicted molar refractivity (Wildman–Crippen MR) is 133 cm³/mol. The Morgan fingerprint density at radius 1 is 1.00 bits per heavy atom. The summed E-state index contributed by atoms with van der Waals surface area (Å²) >= 11 is 0. The minimum Gasteiger partial charge on any atom is -0.489 e. The van der Waals surface area contributed by atoms with Gasteiger partial charge in [-0.05, 0) is 53.6 Å². The number of carboxylic acid groups (broad SMARTS) is 1. The topological polar surface area (TPSA) is 105 Å². The molecule has 0 bridgehead atoms. The van der Waals surface area contributed by atoms with E-state index in [0.29, 0.717) is 31.1 Å². The van der Waals surface area contributed by atoms with Crippen molar-refractivity contribution in [3.05, 3.63) is 95.8 Å². The van der Waals surface area contributed by atoms with Gasteiger partial charge in [0, 0.05) is 43.7 Å². The number of aromatic nitrogens is 2. The second-order valence-electron chi connectivity index (χ2n) is 8.12. The van der Waals surface area contributed by atoms with E-state index in [2.05, 4.69) is 15.3 Å². The molecule has 35 heavy (non-hydrogen) atoms. The van der Waals surface area contributed by atoms with Gasteiger partial charge in [-0.3, -0.25) is 9.78 Å². The summed E-state index contributed by atoms with van der Waals surface area (Å²) in [6.07, 6.45) is 1.27. The molecular weight excluding hydrogens is 444 g/mol. The molecule has 178 valence electrons. The molecule has 2 aromatic carbocycles. The van der Waals surface area contributed by atoms with Crippen molar-refractivity contribution in [2.24, 2.45) is 0 Å². The van der Waals surface area contributed by atoms with Gasteiger partial charge in [-0.1, -0.05) is 30.3 Å². The average Bonchev–Trinajstić information content (AvgIpc) is 2.85. The molecule has 4 rings (SSSR count). The highest BCUT2D eigenvalue weighted by Crippen LogP contribution is 2.20. The number of hydrogen-bond acceptors (Lipinski definition) is 5. The number of carbonyl (C=O) groups is 2. The SMILES string of the molecule is CC(=O)Nc1ccc2ccc(COc3cccc(CN(CCc4ccccn4)C(=O)O)c3)cc2n1. The highest BCUT2D eigenvalue weighted by Gasteiger charge is 2.13. The van der Waals surface area contributed by atoms with E-state index in [-0.39, 0.29) is 12.5 Å². The van der Waals surface area contributed by atoms with E-state index in [1.165, 1.54) is 11.8 Å². The third kappa shape index (κ3) is 6.77. The number of nitrogens with one attached hydrogen (secondary N) is 1. The summed E-state index contributed by atoms with van der Waals surface area (Å²) in [4.78, 5) is 33.2. The van der Waals surface area contributed by atoms with Crippen LogP contribution in [0.1, 0.15) is 23.7 Å². The number of ether oxygens (including phenoxy) is 1. The molecule has 2 amide bonds. The molecule has 2 aromatic heterocycles. The van der Waals surface area contributed by atoms with Gasteiger partial charge in [0.1, 0.15) is 18.2 Å². The molecule has 8 nitrogen and oxygen atoms in total. The van der Waals surface area contributed by atoms with Crippen LogP contribution in [0.25, 0.3) is 10.9 Å². The number of benzene rings is 2. The first-order valence-corrected chi connectivity index (χ1v) is 11.2. The molecule has 2 heterocycles. The maximum absolute atomic E-state index is 11.8. The van der Waals surface area contributed by atoms with Gasteiger partial charge >= 0.3 is 6.09 Å². The summed E-state index contributed by atoms with van der Waals surface area (Å²) in [6, 6.07) is 22.6. The van der Waals surface area contributed by atoms with Crippen molar-refractivity contribution in [1.29, 1.82) is 0 Å². The average molecular weight is 471 g/mol. The Morgan fingerprint density at radius 3 is 2.63 bits per heavy atom. The molecule has 0 saturated carbocycles. The highest BCUT2D eigenvalue weighted by molar-refractivity contribution is 5.89. The molecule has 4 aromatic rings. The van der Waals surface area contributed by atoms with Crippen LogP contribution in [0.5, 0.6) is 5.75 Å². The Labute approximate surface area is 203 Å². The van der Waals surface area contributed by atoms with Crippen LogP contribution >= 0.6 is 0 Å². The van der Waals surface area contributed by atoms with Crippen molar-refractivity contribution in [2.75, 3.05) is 11.9 Å². The van der Waals surface area contributed by atoms with E-state index in [9.17, 15) is 14.7 Å². The fourth-order valence-electron chi connectivity index (χ4n) is 3.66. The predicted octanol–water partition coefficient (Wildman–Crippen LogP) is 4.89. The first-order valence-electron chi connectivity index (χ1n) is 11.2. The summed E-state index contributed by atoms with van der Waals surface area (Å²) < 4.78 is 5.97. The smallest absolute Gasteiger partial charge is 0.407 e.